The minimum atomic E-state index is -1.10. The molecule has 2 aromatic carbocycles. The number of fused-ring (bicyclic) bond motifs is 10. The van der Waals surface area contributed by atoms with Crippen molar-refractivity contribution in [3.8, 4) is 0 Å². The highest BCUT2D eigenvalue weighted by Crippen LogP contribution is 2.51. The minimum Gasteiger partial charge on any atom is -0.388 e. The number of nitrogens with zero attached hydrogens (tertiary/aromatic N) is 2. The number of methoxy groups -OCH3 is 1. The topological polar surface area (TPSA) is 163 Å². The Balaban J connectivity index is 0.000000188. The molecule has 0 radical (unpaired) electrons. The van der Waals surface area contributed by atoms with Crippen LogP contribution >= 0.6 is 0 Å². The summed E-state index contributed by atoms with van der Waals surface area (Å²) >= 11 is 0. The van der Waals surface area contributed by atoms with Crippen LogP contribution < -0.4 is 9.80 Å². The Morgan fingerprint density at radius 3 is 1.23 bits per heavy atom. The smallest absolute Gasteiger partial charge is 0.240 e. The fraction of sp³-hybridized carbons (Fsp3) is 0.500. The molecule has 6 fully saturated rings. The zero-order valence-corrected chi connectivity index (χ0v) is 21.8. The van der Waals surface area contributed by atoms with Crippen LogP contribution in [0.4, 0.5) is 11.4 Å². The Morgan fingerprint density at radius 1 is 0.545 bits per heavy atom. The van der Waals surface area contributed by atoms with Crippen molar-refractivity contribution in [2.45, 2.75) is 71.1 Å². The SMILES string of the molecule is C.C.C.COC1C(O)C2OC1C1C(=O)N(c3ccccc3)C(=O)C21.O=C1C2C3OC(C(O)C3O)C2C(=O)N1c1ccccc1. The number of amides is 4. The van der Waals surface area contributed by atoms with Gasteiger partial charge in [-0.2, -0.15) is 0 Å². The molecular weight excluding hydrogens is 572 g/mol. The quantitative estimate of drug-likeness (QED) is 0.429. The molecule has 0 aliphatic carbocycles. The van der Waals surface area contributed by atoms with Gasteiger partial charge in [0.05, 0.1) is 59.5 Å². The van der Waals surface area contributed by atoms with Gasteiger partial charge in [-0.3, -0.25) is 19.2 Å². The first-order valence-electron chi connectivity index (χ1n) is 13.5. The van der Waals surface area contributed by atoms with Gasteiger partial charge in [-0.1, -0.05) is 58.7 Å². The van der Waals surface area contributed by atoms with Crippen molar-refractivity contribution < 1.29 is 48.7 Å². The van der Waals surface area contributed by atoms with Crippen LogP contribution in [0.15, 0.2) is 60.7 Å². The Kier molecular flexibility index (Phi) is 9.19. The first-order chi connectivity index (χ1) is 19.8. The van der Waals surface area contributed by atoms with Crippen molar-refractivity contribution in [2.24, 2.45) is 23.7 Å². The van der Waals surface area contributed by atoms with Crippen LogP contribution in [0.1, 0.15) is 22.3 Å². The first-order valence-corrected chi connectivity index (χ1v) is 13.5. The number of hydrogen-bond acceptors (Lipinski definition) is 10. The minimum absolute atomic E-state index is 0. The molecule has 3 N–H and O–H groups in total. The van der Waals surface area contributed by atoms with Crippen LogP contribution in [0.25, 0.3) is 0 Å². The monoisotopic (exact) mass is 612 g/mol. The molecule has 4 bridgehead atoms. The number of para-hydroxylation sites is 2. The summed E-state index contributed by atoms with van der Waals surface area (Å²) in [5.41, 5.74) is 1.07. The maximum absolute atomic E-state index is 12.6. The van der Waals surface area contributed by atoms with E-state index in [1.54, 1.807) is 54.6 Å². The first kappa shape index (κ1) is 33.4. The third-order valence-corrected chi connectivity index (χ3v) is 9.16. The van der Waals surface area contributed by atoms with E-state index in [1.807, 2.05) is 6.07 Å². The Labute approximate surface area is 256 Å². The summed E-state index contributed by atoms with van der Waals surface area (Å²) in [4.78, 5) is 52.5. The van der Waals surface area contributed by atoms with Gasteiger partial charge in [0.1, 0.15) is 24.4 Å². The van der Waals surface area contributed by atoms with Gasteiger partial charge < -0.3 is 29.5 Å². The molecule has 0 spiro atoms. The lowest BCUT2D eigenvalue weighted by Gasteiger charge is -2.27. The summed E-state index contributed by atoms with van der Waals surface area (Å²) in [6.07, 6.45) is -6.41. The molecule has 6 aliphatic heterocycles. The van der Waals surface area contributed by atoms with Crippen molar-refractivity contribution in [3.05, 3.63) is 60.7 Å². The van der Waals surface area contributed by atoms with Crippen LogP contribution in [-0.2, 0) is 33.4 Å². The summed E-state index contributed by atoms with van der Waals surface area (Å²) in [6, 6.07) is 17.5. The number of aliphatic hydroxyl groups excluding tert-OH is 3. The maximum Gasteiger partial charge on any atom is 0.240 e. The number of rotatable bonds is 3. The summed E-state index contributed by atoms with van der Waals surface area (Å²) < 4.78 is 16.3. The highest BCUT2D eigenvalue weighted by Gasteiger charge is 2.70. The number of anilines is 2. The average molecular weight is 613 g/mol. The lowest BCUT2D eigenvalue weighted by molar-refractivity contribution is -0.127. The molecule has 0 saturated carbocycles. The largest absolute Gasteiger partial charge is 0.388 e. The lowest BCUT2D eigenvalue weighted by Crippen LogP contribution is -2.48. The molecule has 2 aromatic rings. The third-order valence-electron chi connectivity index (χ3n) is 9.16. The fourth-order valence-corrected chi connectivity index (χ4v) is 7.38. The van der Waals surface area contributed by atoms with Crippen molar-refractivity contribution in [3.63, 3.8) is 0 Å². The van der Waals surface area contributed by atoms with Crippen molar-refractivity contribution in [1.29, 1.82) is 0 Å². The van der Waals surface area contributed by atoms with Gasteiger partial charge in [0.2, 0.25) is 23.6 Å². The van der Waals surface area contributed by atoms with Gasteiger partial charge in [0.15, 0.2) is 0 Å². The number of ether oxygens (including phenoxy) is 3. The molecule has 12 heteroatoms. The number of carbonyl (C=O) groups is 4. The Hall–Kier alpha value is -3.52. The zero-order valence-electron chi connectivity index (χ0n) is 21.8. The molecule has 6 aliphatic rings. The molecule has 12 unspecified atom stereocenters. The van der Waals surface area contributed by atoms with Crippen LogP contribution in [0, 0.1) is 23.7 Å². The van der Waals surface area contributed by atoms with Crippen molar-refractivity contribution in [2.75, 3.05) is 16.9 Å². The highest BCUT2D eigenvalue weighted by molar-refractivity contribution is 6.23. The van der Waals surface area contributed by atoms with E-state index in [4.69, 9.17) is 14.2 Å². The number of hydrogen-bond donors (Lipinski definition) is 3. The van der Waals surface area contributed by atoms with E-state index in [0.717, 1.165) is 4.90 Å². The van der Waals surface area contributed by atoms with Gasteiger partial charge in [-0.25, -0.2) is 9.80 Å². The van der Waals surface area contributed by atoms with Crippen molar-refractivity contribution >= 4 is 35.0 Å². The Morgan fingerprint density at radius 2 is 0.864 bits per heavy atom. The zero-order chi connectivity index (χ0) is 28.7. The van der Waals surface area contributed by atoms with Crippen LogP contribution in [0.2, 0.25) is 0 Å². The fourth-order valence-electron chi connectivity index (χ4n) is 7.38. The van der Waals surface area contributed by atoms with E-state index < -0.39 is 72.5 Å². The normalized spacial score (nSPS) is 38.8. The van der Waals surface area contributed by atoms with Crippen LogP contribution in [-0.4, -0.2) is 94.9 Å². The van der Waals surface area contributed by atoms with E-state index in [0.29, 0.717) is 11.4 Å². The van der Waals surface area contributed by atoms with Crippen molar-refractivity contribution in [1.82, 2.24) is 0 Å². The van der Waals surface area contributed by atoms with Gasteiger partial charge in [-0.05, 0) is 24.3 Å². The molecular formula is C32H40N2O10. The van der Waals surface area contributed by atoms with Gasteiger partial charge in [0, 0.05) is 7.11 Å². The van der Waals surface area contributed by atoms with Gasteiger partial charge >= 0.3 is 0 Å². The maximum atomic E-state index is 12.6. The predicted molar refractivity (Wildman–Crippen MR) is 158 cm³/mol. The molecule has 6 heterocycles. The van der Waals surface area contributed by atoms with Gasteiger partial charge in [-0.15, -0.1) is 0 Å². The molecule has 0 aromatic heterocycles. The second kappa shape index (κ2) is 12.1. The molecule has 8 rings (SSSR count). The summed E-state index contributed by atoms with van der Waals surface area (Å²) in [5, 5.41) is 29.8. The summed E-state index contributed by atoms with van der Waals surface area (Å²) in [6.45, 7) is 0. The molecule has 12 nitrogen and oxygen atoms in total. The van der Waals surface area contributed by atoms with Crippen LogP contribution in [0.5, 0.6) is 0 Å². The standard InChI is InChI=1S/C15H15NO5.C14H13NO5.3CH4/c1-20-13-10(17)11-8-9(12(13)21-11)15(19)16(14(8)18)7-5-3-2-4-6-7;16-9-10(17)12-8-7(11(9)20-12)13(18)15(14(8)19)6-4-2-1-3-5-6;;;/h2-6,8-13,17H,1H3;1-5,7-12,16-17H;3*1H4. The second-order valence-corrected chi connectivity index (χ2v) is 11.1. The van der Waals surface area contributed by atoms with Gasteiger partial charge in [0.25, 0.3) is 0 Å². The molecule has 4 amide bonds. The van der Waals surface area contributed by atoms with E-state index in [9.17, 15) is 34.5 Å². The summed E-state index contributed by atoms with van der Waals surface area (Å²) in [7, 11) is 1.48. The highest BCUT2D eigenvalue weighted by atomic mass is 16.6. The number of carbonyl (C=O) groups excluding carboxylic acids is 4. The average Bonchev–Trinajstić information content (AvgIpc) is 3.79. The number of aliphatic hydroxyl groups is 3. The third kappa shape index (κ3) is 4.43. The molecule has 6 saturated heterocycles. The molecule has 12 atom stereocenters. The Bertz CT molecular complexity index is 1370. The lowest BCUT2D eigenvalue weighted by atomic mass is 9.78. The number of imide groups is 2. The molecule has 44 heavy (non-hydrogen) atoms. The number of benzene rings is 2. The predicted octanol–water partition coefficient (Wildman–Crippen LogP) is 1.15. The molecule has 238 valence electrons. The van der Waals surface area contributed by atoms with E-state index >= 15 is 0 Å². The van der Waals surface area contributed by atoms with Crippen LogP contribution in [0.3, 0.4) is 0 Å². The summed E-state index contributed by atoms with van der Waals surface area (Å²) in [5.74, 6) is -3.82. The van der Waals surface area contributed by atoms with E-state index in [1.165, 1.54) is 12.0 Å². The van der Waals surface area contributed by atoms with E-state index in [2.05, 4.69) is 0 Å². The second-order valence-electron chi connectivity index (χ2n) is 11.1. The van der Waals surface area contributed by atoms with E-state index in [-0.39, 0.29) is 45.9 Å².